The largest absolute Gasteiger partial charge is 0.206 e. The van der Waals surface area contributed by atoms with E-state index in [9.17, 15) is 8.78 Å². The molecule has 2 aromatic carbocycles. The summed E-state index contributed by atoms with van der Waals surface area (Å²) in [5.74, 6) is -0.949. The molecule has 0 unspecified atom stereocenters. The first-order valence-corrected chi connectivity index (χ1v) is 4.10. The van der Waals surface area contributed by atoms with Crippen molar-refractivity contribution in [2.45, 2.75) is 0 Å². The fourth-order valence-electron chi connectivity index (χ4n) is 1.26. The zero-order chi connectivity index (χ0) is 9.97. The van der Waals surface area contributed by atoms with Crippen LogP contribution in [0.1, 0.15) is 0 Å². The molecule has 0 nitrogen and oxygen atoms in total. The lowest BCUT2D eigenvalue weighted by molar-refractivity contribution is 0.616. The number of benzene rings is 2. The third-order valence-electron chi connectivity index (χ3n) is 1.92. The number of rotatable bonds is 1. The van der Waals surface area contributed by atoms with Crippen molar-refractivity contribution in [2.75, 3.05) is 0 Å². The van der Waals surface area contributed by atoms with Gasteiger partial charge in [-0.15, -0.1) is 0 Å². The van der Waals surface area contributed by atoms with E-state index in [0.29, 0.717) is 0 Å². The Kier molecular flexibility index (Phi) is 2.27. The summed E-state index contributed by atoms with van der Waals surface area (Å²) in [7, 11) is 0. The molecule has 0 heterocycles. The highest BCUT2D eigenvalue weighted by molar-refractivity contribution is 5.64. The van der Waals surface area contributed by atoms with Gasteiger partial charge in [0.05, 0.1) is 0 Å². The van der Waals surface area contributed by atoms with Crippen LogP contribution in [-0.2, 0) is 0 Å². The Morgan fingerprint density at radius 3 is 1.57 bits per heavy atom. The summed E-state index contributed by atoms with van der Waals surface area (Å²) in [4.78, 5) is 0. The maximum Gasteiger partial charge on any atom is 0.131 e. The Bertz CT molecular complexity index is 406. The van der Waals surface area contributed by atoms with Gasteiger partial charge in [0.15, 0.2) is 0 Å². The molecule has 68 valence electrons. The smallest absolute Gasteiger partial charge is 0.131 e. The topological polar surface area (TPSA) is 0 Å². The van der Waals surface area contributed by atoms with Gasteiger partial charge in [-0.05, 0) is 24.3 Å². The van der Waals surface area contributed by atoms with Crippen LogP contribution in [0.25, 0.3) is 11.1 Å². The summed E-state index contributed by atoms with van der Waals surface area (Å²) in [6.45, 7) is 0. The van der Waals surface area contributed by atoms with Crippen LogP contribution in [-0.4, -0.2) is 0 Å². The van der Waals surface area contributed by atoms with Gasteiger partial charge >= 0.3 is 0 Å². The first kappa shape index (κ1) is 8.88. The van der Waals surface area contributed by atoms with E-state index in [-0.39, 0.29) is 11.1 Å². The monoisotopic (exact) mass is 188 g/mol. The van der Waals surface area contributed by atoms with Crippen LogP contribution in [0.2, 0.25) is 0 Å². The second kappa shape index (κ2) is 3.58. The predicted molar refractivity (Wildman–Crippen MR) is 49.5 cm³/mol. The normalized spacial score (nSPS) is 10.1. The first-order chi connectivity index (χ1) is 6.79. The van der Waals surface area contributed by atoms with Crippen molar-refractivity contribution in [2.24, 2.45) is 0 Å². The summed E-state index contributed by atoms with van der Waals surface area (Å²) >= 11 is 0. The highest BCUT2D eigenvalue weighted by Gasteiger charge is 2.07. The van der Waals surface area contributed by atoms with E-state index in [0.717, 1.165) is 0 Å². The zero-order valence-corrected chi connectivity index (χ0v) is 7.22. The van der Waals surface area contributed by atoms with E-state index < -0.39 is 11.6 Å². The van der Waals surface area contributed by atoms with Crippen molar-refractivity contribution in [1.29, 1.82) is 0 Å². The van der Waals surface area contributed by atoms with Gasteiger partial charge in [-0.2, -0.15) is 0 Å². The molecule has 0 saturated heterocycles. The average molecular weight is 188 g/mol. The van der Waals surface area contributed by atoms with E-state index in [1.54, 1.807) is 12.1 Å². The molecule has 0 aliphatic rings. The van der Waals surface area contributed by atoms with Gasteiger partial charge in [0, 0.05) is 11.1 Å². The van der Waals surface area contributed by atoms with Crippen molar-refractivity contribution in [3.8, 4) is 11.1 Å². The minimum Gasteiger partial charge on any atom is -0.206 e. The van der Waals surface area contributed by atoms with Crippen LogP contribution >= 0.6 is 0 Å². The molecule has 2 rings (SSSR count). The molecule has 0 bridgehead atoms. The van der Waals surface area contributed by atoms with Gasteiger partial charge in [-0.1, -0.05) is 24.3 Å². The Balaban J connectivity index is 2.61. The highest BCUT2D eigenvalue weighted by Crippen LogP contribution is 2.24. The second-order valence-corrected chi connectivity index (χ2v) is 2.81. The lowest BCUT2D eigenvalue weighted by atomic mass is 10.0. The molecule has 2 aromatic rings. The number of hydrogen-bond acceptors (Lipinski definition) is 0. The van der Waals surface area contributed by atoms with Crippen LogP contribution in [0.15, 0.2) is 36.4 Å². The molecular weight excluding hydrogens is 182 g/mol. The highest BCUT2D eigenvalue weighted by atomic mass is 19.1. The summed E-state index contributed by atoms with van der Waals surface area (Å²) in [5.41, 5.74) is 0.491. The zero-order valence-electron chi connectivity index (χ0n) is 7.22. The summed E-state index contributed by atoms with van der Waals surface area (Å²) in [5, 5.41) is 0. The first-order valence-electron chi connectivity index (χ1n) is 4.10. The summed E-state index contributed by atoms with van der Waals surface area (Å²) in [6.07, 6.45) is 0. The van der Waals surface area contributed by atoms with Crippen LogP contribution in [0, 0.1) is 23.8 Å². The Labute approximate surface area is 80.8 Å². The quantitative estimate of drug-likeness (QED) is 0.644. The van der Waals surface area contributed by atoms with Crippen LogP contribution in [0.3, 0.4) is 0 Å². The minimum atomic E-state index is -0.474. The third kappa shape index (κ3) is 1.51. The Morgan fingerprint density at radius 2 is 1.21 bits per heavy atom. The minimum absolute atomic E-state index is 0.246. The van der Waals surface area contributed by atoms with Crippen molar-refractivity contribution >= 4 is 0 Å². The summed E-state index contributed by atoms with van der Waals surface area (Å²) in [6, 6.07) is 13.6. The maximum atomic E-state index is 13.2. The Hall–Kier alpha value is -1.70. The molecular formula is C12H6F2. The van der Waals surface area contributed by atoms with Gasteiger partial charge in [0.25, 0.3) is 0 Å². The van der Waals surface area contributed by atoms with Crippen molar-refractivity contribution in [3.05, 3.63) is 60.2 Å². The summed E-state index contributed by atoms with van der Waals surface area (Å²) < 4.78 is 26.5. The van der Waals surface area contributed by atoms with Crippen molar-refractivity contribution in [3.63, 3.8) is 0 Å². The van der Waals surface area contributed by atoms with Crippen LogP contribution in [0.4, 0.5) is 8.78 Å². The van der Waals surface area contributed by atoms with Crippen molar-refractivity contribution < 1.29 is 8.78 Å². The fourth-order valence-corrected chi connectivity index (χ4v) is 1.26. The van der Waals surface area contributed by atoms with Gasteiger partial charge in [-0.3, -0.25) is 0 Å². The van der Waals surface area contributed by atoms with Gasteiger partial charge < -0.3 is 0 Å². The molecule has 0 aliphatic carbocycles. The average Bonchev–Trinajstić information content (AvgIpc) is 2.20. The molecule has 14 heavy (non-hydrogen) atoms. The number of halogens is 2. The van der Waals surface area contributed by atoms with E-state index in [4.69, 9.17) is 0 Å². The molecule has 2 radical (unpaired) electrons. The molecule has 0 fully saturated rings. The van der Waals surface area contributed by atoms with Crippen LogP contribution in [0.5, 0.6) is 0 Å². The molecule has 0 N–H and O–H groups in total. The molecule has 0 amide bonds. The van der Waals surface area contributed by atoms with E-state index in [1.807, 2.05) is 0 Å². The molecule has 0 spiro atoms. The van der Waals surface area contributed by atoms with Crippen molar-refractivity contribution in [1.82, 2.24) is 0 Å². The molecule has 0 saturated carbocycles. The number of hydrogen-bond donors (Lipinski definition) is 0. The fraction of sp³-hybridized carbons (Fsp3) is 0. The SMILES string of the molecule is Fc1c[c]ccc1-c1cc[c]cc1F. The van der Waals surface area contributed by atoms with Gasteiger partial charge in [0.2, 0.25) is 0 Å². The van der Waals surface area contributed by atoms with E-state index in [2.05, 4.69) is 12.1 Å². The Morgan fingerprint density at radius 1 is 0.786 bits per heavy atom. The maximum absolute atomic E-state index is 13.2. The molecule has 0 atom stereocenters. The second-order valence-electron chi connectivity index (χ2n) is 2.81. The van der Waals surface area contributed by atoms with E-state index in [1.165, 1.54) is 24.3 Å². The lowest BCUT2D eigenvalue weighted by Crippen LogP contribution is -1.87. The molecule has 0 aliphatic heterocycles. The van der Waals surface area contributed by atoms with Crippen LogP contribution < -0.4 is 0 Å². The standard InChI is InChI=1S/C12H6F2/c13-11-7-3-1-5-9(11)10-6-2-4-8-12(10)14/h1-2,5-8H. The van der Waals surface area contributed by atoms with Gasteiger partial charge in [0.1, 0.15) is 11.6 Å². The van der Waals surface area contributed by atoms with Gasteiger partial charge in [-0.25, -0.2) is 8.78 Å². The lowest BCUT2D eigenvalue weighted by Gasteiger charge is -2.03. The third-order valence-corrected chi connectivity index (χ3v) is 1.92. The molecule has 0 aromatic heterocycles. The molecule has 2 heteroatoms. The van der Waals surface area contributed by atoms with E-state index >= 15 is 0 Å². The predicted octanol–water partition coefficient (Wildman–Crippen LogP) is 3.23.